The lowest BCUT2D eigenvalue weighted by molar-refractivity contribution is -0.274. The number of hydrogen-bond donors (Lipinski definition) is 2. The number of nitrogens with one attached hydrogen (secondary N) is 2. The molecule has 2 saturated heterocycles. The minimum absolute atomic E-state index is 0.106. The molecule has 0 aliphatic carbocycles. The fourth-order valence-electron chi connectivity index (χ4n) is 4.69. The standard InChI is InChI=1S/C25H29F3N8O2S2/c26-25(27,28)38-19-5-3-17(4-6-19)14-35-11-8-20(9-12-35)39-16-22(37)31-24-34-33-23(40-24)30-18-7-13-36(15-18)21-2-1-10-29-32-21/h1-6,10,18,20H,7-9,11-16H2,(H,30,33)(H,31,34,37)/t18-/m1/s1. The average Bonchev–Trinajstić information content (AvgIpc) is 3.59. The first kappa shape index (κ1) is 28.4. The van der Waals surface area contributed by atoms with Crippen LogP contribution in [-0.4, -0.2) is 80.8 Å². The minimum atomic E-state index is -4.69. The van der Waals surface area contributed by atoms with Crippen LogP contribution in [0.2, 0.25) is 0 Å². The summed E-state index contributed by atoms with van der Waals surface area (Å²) in [6.07, 6.45) is -0.216. The lowest BCUT2D eigenvalue weighted by atomic mass is 10.1. The highest BCUT2D eigenvalue weighted by Gasteiger charge is 2.31. The summed E-state index contributed by atoms with van der Waals surface area (Å²) in [4.78, 5) is 16.9. The quantitative estimate of drug-likeness (QED) is 0.354. The summed E-state index contributed by atoms with van der Waals surface area (Å²) in [7, 11) is 0. The zero-order valence-electron chi connectivity index (χ0n) is 21.5. The van der Waals surface area contributed by atoms with E-state index in [0.717, 1.165) is 56.8 Å². The molecule has 1 atom stereocenters. The van der Waals surface area contributed by atoms with Crippen molar-refractivity contribution in [3.8, 4) is 5.75 Å². The van der Waals surface area contributed by atoms with Crippen molar-refractivity contribution in [1.29, 1.82) is 0 Å². The summed E-state index contributed by atoms with van der Waals surface area (Å²) in [5, 5.41) is 24.1. The van der Waals surface area contributed by atoms with E-state index in [1.807, 2.05) is 12.1 Å². The van der Waals surface area contributed by atoms with Crippen molar-refractivity contribution < 1.29 is 22.7 Å². The van der Waals surface area contributed by atoms with Gasteiger partial charge in [-0.1, -0.05) is 23.5 Å². The number of halogens is 3. The smallest absolute Gasteiger partial charge is 0.406 e. The van der Waals surface area contributed by atoms with Crippen LogP contribution in [-0.2, 0) is 11.3 Å². The van der Waals surface area contributed by atoms with Crippen LogP contribution in [0.3, 0.4) is 0 Å². The maximum atomic E-state index is 12.5. The summed E-state index contributed by atoms with van der Waals surface area (Å²) in [5.41, 5.74) is 0.932. The number of piperidine rings is 1. The first-order chi connectivity index (χ1) is 19.3. The van der Waals surface area contributed by atoms with Crippen molar-refractivity contribution in [3.05, 3.63) is 48.2 Å². The van der Waals surface area contributed by atoms with E-state index in [0.29, 0.717) is 27.8 Å². The summed E-state index contributed by atoms with van der Waals surface area (Å²) < 4.78 is 40.9. The summed E-state index contributed by atoms with van der Waals surface area (Å²) in [6.45, 7) is 4.06. The van der Waals surface area contributed by atoms with Crippen LogP contribution < -0.4 is 20.3 Å². The Balaban J connectivity index is 0.981. The van der Waals surface area contributed by atoms with Crippen molar-refractivity contribution in [2.75, 3.05) is 47.5 Å². The Morgan fingerprint density at radius 3 is 2.55 bits per heavy atom. The van der Waals surface area contributed by atoms with E-state index in [-0.39, 0.29) is 17.7 Å². The van der Waals surface area contributed by atoms with Crippen molar-refractivity contribution in [2.24, 2.45) is 0 Å². The number of ether oxygens (including phenoxy) is 1. The molecule has 2 N–H and O–H groups in total. The molecule has 2 fully saturated rings. The van der Waals surface area contributed by atoms with Crippen molar-refractivity contribution in [3.63, 3.8) is 0 Å². The molecule has 40 heavy (non-hydrogen) atoms. The van der Waals surface area contributed by atoms with Crippen molar-refractivity contribution in [1.82, 2.24) is 25.3 Å². The van der Waals surface area contributed by atoms with Crippen LogP contribution in [0, 0.1) is 0 Å². The van der Waals surface area contributed by atoms with Crippen molar-refractivity contribution >= 4 is 45.1 Å². The molecule has 4 heterocycles. The van der Waals surface area contributed by atoms with Gasteiger partial charge in [-0.2, -0.15) is 5.10 Å². The fraction of sp³-hybridized carbons (Fsp3) is 0.480. The third kappa shape index (κ3) is 8.41. The molecule has 15 heteroatoms. The van der Waals surface area contributed by atoms with Gasteiger partial charge < -0.3 is 15.0 Å². The molecule has 0 bridgehead atoms. The molecule has 1 aromatic carbocycles. The van der Waals surface area contributed by atoms with E-state index in [9.17, 15) is 18.0 Å². The van der Waals surface area contributed by atoms with E-state index in [1.165, 1.54) is 23.5 Å². The topological polar surface area (TPSA) is 108 Å². The van der Waals surface area contributed by atoms with Crippen LogP contribution in [0.5, 0.6) is 5.75 Å². The Labute approximate surface area is 237 Å². The van der Waals surface area contributed by atoms with Gasteiger partial charge in [0.25, 0.3) is 0 Å². The molecule has 1 amide bonds. The Hall–Kier alpha value is -3.17. The maximum absolute atomic E-state index is 12.5. The summed E-state index contributed by atoms with van der Waals surface area (Å²) >= 11 is 2.95. The second kappa shape index (κ2) is 13.0. The first-order valence-corrected chi connectivity index (χ1v) is 14.8. The molecule has 2 aliphatic rings. The van der Waals surface area contributed by atoms with E-state index in [1.54, 1.807) is 30.1 Å². The second-order valence-corrected chi connectivity index (χ2v) is 11.9. The molecule has 2 aliphatic heterocycles. The van der Waals surface area contributed by atoms with Gasteiger partial charge in [0, 0.05) is 37.1 Å². The van der Waals surface area contributed by atoms with Gasteiger partial charge in [-0.05, 0) is 62.2 Å². The molecule has 0 spiro atoms. The molecule has 0 unspecified atom stereocenters. The number of aromatic nitrogens is 4. The third-order valence-electron chi connectivity index (χ3n) is 6.62. The highest BCUT2D eigenvalue weighted by molar-refractivity contribution is 8.00. The molecular formula is C25H29F3N8O2S2. The fourth-order valence-corrected chi connectivity index (χ4v) is 6.43. The van der Waals surface area contributed by atoms with E-state index in [2.05, 4.69) is 45.6 Å². The Morgan fingerprint density at radius 2 is 1.82 bits per heavy atom. The maximum Gasteiger partial charge on any atom is 0.573 e. The summed E-state index contributed by atoms with van der Waals surface area (Å²) in [5.74, 6) is 0.869. The van der Waals surface area contributed by atoms with E-state index in [4.69, 9.17) is 0 Å². The predicted molar refractivity (Wildman–Crippen MR) is 149 cm³/mol. The van der Waals surface area contributed by atoms with Crippen molar-refractivity contribution in [2.45, 2.75) is 43.5 Å². The van der Waals surface area contributed by atoms with Crippen LogP contribution in [0.15, 0.2) is 42.6 Å². The summed E-state index contributed by atoms with van der Waals surface area (Å²) in [6, 6.07) is 10.0. The normalized spacial score (nSPS) is 18.6. The Bertz CT molecular complexity index is 1240. The molecule has 2 aromatic heterocycles. The largest absolute Gasteiger partial charge is 0.573 e. The number of anilines is 3. The molecule has 0 saturated carbocycles. The van der Waals surface area contributed by atoms with E-state index < -0.39 is 6.36 Å². The Morgan fingerprint density at radius 1 is 1.05 bits per heavy atom. The predicted octanol–water partition coefficient (Wildman–Crippen LogP) is 4.25. The lowest BCUT2D eigenvalue weighted by Crippen LogP contribution is -2.34. The number of nitrogens with zero attached hydrogens (tertiary/aromatic N) is 6. The SMILES string of the molecule is O=C(CSC1CCN(Cc2ccc(OC(F)(F)F)cc2)CC1)Nc1nnc(N[C@@H]2CCN(c3cccnn3)C2)s1. The zero-order chi connectivity index (χ0) is 28.0. The first-order valence-electron chi connectivity index (χ1n) is 12.9. The van der Waals surface area contributed by atoms with Gasteiger partial charge in [0.15, 0.2) is 5.82 Å². The number of rotatable bonds is 10. The number of amides is 1. The molecular weight excluding hydrogens is 565 g/mol. The van der Waals surface area contributed by atoms with Crippen LogP contribution in [0.1, 0.15) is 24.8 Å². The highest BCUT2D eigenvalue weighted by atomic mass is 32.2. The third-order valence-corrected chi connectivity index (χ3v) is 8.76. The van der Waals surface area contributed by atoms with Gasteiger partial charge in [-0.25, -0.2) is 0 Å². The van der Waals surface area contributed by atoms with Gasteiger partial charge in [0.05, 0.1) is 5.75 Å². The van der Waals surface area contributed by atoms with Crippen LogP contribution >= 0.6 is 23.1 Å². The van der Waals surface area contributed by atoms with Gasteiger partial charge in [0.2, 0.25) is 16.2 Å². The number of thioether (sulfide) groups is 1. The molecule has 3 aromatic rings. The molecule has 0 radical (unpaired) electrons. The number of likely N-dealkylation sites (tertiary alicyclic amines) is 1. The van der Waals surface area contributed by atoms with Gasteiger partial charge >= 0.3 is 6.36 Å². The van der Waals surface area contributed by atoms with Gasteiger partial charge in [-0.15, -0.1) is 40.2 Å². The van der Waals surface area contributed by atoms with Gasteiger partial charge in [-0.3, -0.25) is 15.0 Å². The second-order valence-electron chi connectivity index (χ2n) is 9.60. The van der Waals surface area contributed by atoms with Crippen LogP contribution in [0.25, 0.3) is 0 Å². The minimum Gasteiger partial charge on any atom is -0.406 e. The number of carbonyl (C=O) groups is 1. The zero-order valence-corrected chi connectivity index (χ0v) is 23.1. The average molecular weight is 595 g/mol. The van der Waals surface area contributed by atoms with Gasteiger partial charge in [0.1, 0.15) is 5.75 Å². The molecule has 214 valence electrons. The monoisotopic (exact) mass is 594 g/mol. The number of alkyl halides is 3. The highest BCUT2D eigenvalue weighted by Crippen LogP contribution is 2.28. The van der Waals surface area contributed by atoms with E-state index >= 15 is 0 Å². The Kier molecular flexibility index (Phi) is 9.22. The van der Waals surface area contributed by atoms with Crippen LogP contribution in [0.4, 0.5) is 29.3 Å². The number of hydrogen-bond acceptors (Lipinski definition) is 11. The lowest BCUT2D eigenvalue weighted by Gasteiger charge is -2.31. The molecule has 5 rings (SSSR count). The number of carbonyl (C=O) groups excluding carboxylic acids is 1. The number of benzene rings is 1. The molecule has 10 nitrogen and oxygen atoms in total.